The summed E-state index contributed by atoms with van der Waals surface area (Å²) in [5.41, 5.74) is 2.21. The van der Waals surface area contributed by atoms with Crippen molar-refractivity contribution in [2.24, 2.45) is 0 Å². The summed E-state index contributed by atoms with van der Waals surface area (Å²) in [6.07, 6.45) is 0. The van der Waals surface area contributed by atoms with Crippen LogP contribution in [0.2, 0.25) is 0 Å². The first kappa shape index (κ1) is 18.2. The molecule has 4 heteroatoms. The molecule has 0 amide bonds. The molecule has 0 saturated carbocycles. The Hall–Kier alpha value is 0.314. The molecule has 0 saturated heterocycles. The van der Waals surface area contributed by atoms with Gasteiger partial charge in [0, 0.05) is 21.7 Å². The molecular weight excluding hydrogens is 231 g/mol. The van der Waals surface area contributed by atoms with Gasteiger partial charge in [0.1, 0.15) is 5.75 Å². The van der Waals surface area contributed by atoms with Crippen molar-refractivity contribution in [1.29, 1.82) is 0 Å². The molecule has 1 N–H and O–H groups in total. The average molecular weight is 243 g/mol. The van der Waals surface area contributed by atoms with Crippen LogP contribution in [0.4, 0.5) is 0 Å². The van der Waals surface area contributed by atoms with Gasteiger partial charge in [-0.25, -0.2) is 0 Å². The molecule has 0 aromatic heterocycles. The third kappa shape index (κ3) is 5.90. The number of phenolic OH excluding ortho intramolecular Hbond substituents is 1. The van der Waals surface area contributed by atoms with Gasteiger partial charge in [0.05, 0.1) is 0 Å². The Bertz CT molecular complexity index is 178. The normalized spacial score (nSPS) is 7.17. The number of aromatic hydroxyl groups is 1. The second-order valence-electron chi connectivity index (χ2n) is 2.35. The van der Waals surface area contributed by atoms with Gasteiger partial charge in [-0.2, -0.15) is 0 Å². The van der Waals surface area contributed by atoms with Crippen LogP contribution in [-0.2, 0) is 21.7 Å². The number of rotatable bonds is 0. The van der Waals surface area contributed by atoms with Crippen LogP contribution >= 0.6 is 24.8 Å². The minimum atomic E-state index is 0. The molecule has 0 unspecified atom stereocenters. The molecule has 0 bridgehead atoms. The van der Waals surface area contributed by atoms with E-state index in [1.165, 1.54) is 0 Å². The summed E-state index contributed by atoms with van der Waals surface area (Å²) in [7, 11) is 0. The Morgan fingerprint density at radius 3 is 1.50 bits per heavy atom. The van der Waals surface area contributed by atoms with E-state index in [0.717, 1.165) is 11.1 Å². The van der Waals surface area contributed by atoms with E-state index in [1.54, 1.807) is 12.1 Å². The largest absolute Gasteiger partial charge is 0.508 e. The van der Waals surface area contributed by atoms with E-state index in [-0.39, 0.29) is 46.5 Å². The molecule has 0 heterocycles. The molecule has 1 nitrogen and oxygen atoms in total. The van der Waals surface area contributed by atoms with Crippen molar-refractivity contribution in [3.05, 3.63) is 29.3 Å². The topological polar surface area (TPSA) is 20.2 Å². The van der Waals surface area contributed by atoms with Crippen molar-refractivity contribution in [2.75, 3.05) is 0 Å². The number of phenols is 1. The van der Waals surface area contributed by atoms with Gasteiger partial charge in [0.15, 0.2) is 0 Å². The minimum absolute atomic E-state index is 0. The Morgan fingerprint density at radius 1 is 0.917 bits per heavy atom. The number of aryl methyl sites for hydroxylation is 2. The van der Waals surface area contributed by atoms with Crippen LogP contribution in [0.15, 0.2) is 18.2 Å². The first-order chi connectivity index (χ1) is 4.18. The molecule has 0 aliphatic rings. The summed E-state index contributed by atoms with van der Waals surface area (Å²) < 4.78 is 0. The van der Waals surface area contributed by atoms with E-state index in [4.69, 9.17) is 5.11 Å². The van der Waals surface area contributed by atoms with Gasteiger partial charge in [-0.15, -0.1) is 24.8 Å². The molecule has 68 valence electrons. The smallest absolute Gasteiger partial charge is 0.116 e. The van der Waals surface area contributed by atoms with E-state index >= 15 is 0 Å². The van der Waals surface area contributed by atoms with Crippen LogP contribution in [0.3, 0.4) is 0 Å². The molecule has 1 aromatic rings. The van der Waals surface area contributed by atoms with Crippen molar-refractivity contribution in [3.8, 4) is 5.75 Å². The zero-order valence-corrected chi connectivity index (χ0v) is 10.2. The van der Waals surface area contributed by atoms with Crippen LogP contribution < -0.4 is 0 Å². The summed E-state index contributed by atoms with van der Waals surface area (Å²) >= 11 is 0. The average Bonchev–Trinajstić information content (AvgIpc) is 1.59. The fraction of sp³-hybridized carbons (Fsp3) is 0.250. The predicted molar refractivity (Wildman–Crippen MR) is 52.1 cm³/mol. The number of hydrogen-bond donors (Lipinski definition) is 1. The van der Waals surface area contributed by atoms with E-state index in [0.29, 0.717) is 5.75 Å². The summed E-state index contributed by atoms with van der Waals surface area (Å²) in [6.45, 7) is 3.93. The summed E-state index contributed by atoms with van der Waals surface area (Å²) in [5, 5.41) is 8.99. The van der Waals surface area contributed by atoms with E-state index < -0.39 is 0 Å². The Balaban J connectivity index is -0.000000270. The fourth-order valence-electron chi connectivity index (χ4n) is 0.951. The zero-order chi connectivity index (χ0) is 6.85. The van der Waals surface area contributed by atoms with E-state index in [2.05, 4.69) is 0 Å². The van der Waals surface area contributed by atoms with Gasteiger partial charge in [-0.1, -0.05) is 6.07 Å². The summed E-state index contributed by atoms with van der Waals surface area (Å²) in [5.74, 6) is 0.354. The van der Waals surface area contributed by atoms with Crippen LogP contribution in [0.5, 0.6) is 5.75 Å². The molecule has 12 heavy (non-hydrogen) atoms. The third-order valence-corrected chi connectivity index (χ3v) is 1.21. The molecule has 0 radical (unpaired) electrons. The number of hydrogen-bond acceptors (Lipinski definition) is 1. The van der Waals surface area contributed by atoms with Gasteiger partial charge >= 0.3 is 0 Å². The Labute approximate surface area is 100 Å². The predicted octanol–water partition coefficient (Wildman–Crippen LogP) is 2.85. The van der Waals surface area contributed by atoms with Crippen molar-refractivity contribution >= 4 is 24.8 Å². The Kier molecular flexibility index (Phi) is 12.0. The minimum Gasteiger partial charge on any atom is -0.508 e. The molecule has 0 spiro atoms. The molecule has 0 aliphatic heterocycles. The third-order valence-electron chi connectivity index (χ3n) is 1.21. The van der Waals surface area contributed by atoms with Crippen LogP contribution in [0, 0.1) is 13.8 Å². The molecule has 0 fully saturated rings. The Morgan fingerprint density at radius 2 is 1.25 bits per heavy atom. The quantitative estimate of drug-likeness (QED) is 0.694. The SMILES string of the molecule is Cc1cc(C)cc(O)c1.Cl.Cl.[Ti]. The van der Waals surface area contributed by atoms with Gasteiger partial charge in [0.25, 0.3) is 0 Å². The monoisotopic (exact) mass is 242 g/mol. The standard InChI is InChI=1S/C8H10O.2ClH.Ti/c1-6-3-7(2)5-8(9)4-6;;;/h3-5,9H,1-2H3;2*1H;. The summed E-state index contributed by atoms with van der Waals surface area (Å²) in [6, 6.07) is 5.51. The molecule has 0 aliphatic carbocycles. The first-order valence-corrected chi connectivity index (χ1v) is 2.96. The van der Waals surface area contributed by atoms with Crippen molar-refractivity contribution in [3.63, 3.8) is 0 Å². The molecule has 1 aromatic carbocycles. The van der Waals surface area contributed by atoms with Gasteiger partial charge < -0.3 is 5.11 Å². The van der Waals surface area contributed by atoms with Crippen LogP contribution in [0.1, 0.15) is 11.1 Å². The van der Waals surface area contributed by atoms with Crippen molar-refractivity contribution < 1.29 is 26.8 Å². The number of benzene rings is 1. The summed E-state index contributed by atoms with van der Waals surface area (Å²) in [4.78, 5) is 0. The maximum atomic E-state index is 8.99. The number of halogens is 2. The van der Waals surface area contributed by atoms with Gasteiger partial charge in [-0.05, 0) is 37.1 Å². The molecule has 1 rings (SSSR count). The van der Waals surface area contributed by atoms with E-state index in [1.807, 2.05) is 19.9 Å². The molecule has 0 atom stereocenters. The maximum absolute atomic E-state index is 8.99. The van der Waals surface area contributed by atoms with Gasteiger partial charge in [-0.3, -0.25) is 0 Å². The first-order valence-electron chi connectivity index (χ1n) is 2.96. The van der Waals surface area contributed by atoms with Crippen molar-refractivity contribution in [1.82, 2.24) is 0 Å². The van der Waals surface area contributed by atoms with Gasteiger partial charge in [0.2, 0.25) is 0 Å². The molecular formula is C8H12Cl2OTi. The van der Waals surface area contributed by atoms with Crippen LogP contribution in [-0.4, -0.2) is 5.11 Å². The van der Waals surface area contributed by atoms with Crippen LogP contribution in [0.25, 0.3) is 0 Å². The second kappa shape index (κ2) is 7.94. The fourth-order valence-corrected chi connectivity index (χ4v) is 0.951. The maximum Gasteiger partial charge on any atom is 0.116 e. The second-order valence-corrected chi connectivity index (χ2v) is 2.35. The van der Waals surface area contributed by atoms with E-state index in [9.17, 15) is 0 Å². The zero-order valence-electron chi connectivity index (χ0n) is 7.00. The van der Waals surface area contributed by atoms with Crippen molar-refractivity contribution in [2.45, 2.75) is 13.8 Å².